The molecule has 5 aromatic rings. The lowest BCUT2D eigenvalue weighted by molar-refractivity contribution is 0.0365. The molecule has 0 radical (unpaired) electrons. The van der Waals surface area contributed by atoms with Crippen molar-refractivity contribution < 1.29 is 5.11 Å². The molecule has 33 heavy (non-hydrogen) atoms. The normalized spacial score (nSPS) is 12.4. The fraction of sp³-hybridized carbons (Fsp3) is 0.125. The van der Waals surface area contributed by atoms with Crippen molar-refractivity contribution in [1.82, 2.24) is 30.0 Å². The lowest BCUT2D eigenvalue weighted by Crippen LogP contribution is -2.19. The van der Waals surface area contributed by atoms with E-state index in [4.69, 9.17) is 11.6 Å². The molecule has 3 aromatic heterocycles. The van der Waals surface area contributed by atoms with Crippen molar-refractivity contribution in [3.8, 4) is 22.5 Å². The van der Waals surface area contributed by atoms with Gasteiger partial charge in [0.15, 0.2) is 5.82 Å². The average molecular weight is 460 g/mol. The summed E-state index contributed by atoms with van der Waals surface area (Å²) in [6.45, 7) is 0. The summed E-state index contributed by atoms with van der Waals surface area (Å²) in [5.41, 5.74) is 5.24. The fourth-order valence-corrected chi connectivity index (χ4v) is 3.94. The molecular formula is C24H22ClN7O. The molecule has 0 saturated heterocycles. The van der Waals surface area contributed by atoms with E-state index in [0.717, 1.165) is 33.3 Å². The summed E-state index contributed by atoms with van der Waals surface area (Å²) in [7, 11) is 3.57. The van der Waals surface area contributed by atoms with Crippen molar-refractivity contribution in [3.05, 3.63) is 77.8 Å². The molecule has 8 nitrogen and oxygen atoms in total. The molecule has 0 aliphatic carbocycles. The van der Waals surface area contributed by atoms with Gasteiger partial charge in [0, 0.05) is 40.1 Å². The van der Waals surface area contributed by atoms with Gasteiger partial charge in [-0.15, -0.1) is 0 Å². The number of H-pyrrole nitrogens is 2. The van der Waals surface area contributed by atoms with E-state index in [9.17, 15) is 5.11 Å². The van der Waals surface area contributed by atoms with Crippen molar-refractivity contribution in [2.45, 2.75) is 6.23 Å². The largest absolute Gasteiger partial charge is 0.372 e. The molecule has 0 aliphatic rings. The number of aromatic nitrogens is 5. The fourth-order valence-electron chi connectivity index (χ4n) is 3.63. The molecule has 0 fully saturated rings. The second-order valence-corrected chi connectivity index (χ2v) is 8.28. The van der Waals surface area contributed by atoms with Crippen LogP contribution >= 0.6 is 11.6 Å². The lowest BCUT2D eigenvalue weighted by atomic mass is 10.1. The summed E-state index contributed by atoms with van der Waals surface area (Å²) >= 11 is 6.49. The van der Waals surface area contributed by atoms with Gasteiger partial charge in [-0.1, -0.05) is 35.9 Å². The van der Waals surface area contributed by atoms with E-state index in [1.165, 1.54) is 0 Å². The number of hydrogen-bond acceptors (Lipinski definition) is 6. The molecular weight excluding hydrogens is 438 g/mol. The highest BCUT2D eigenvalue weighted by molar-refractivity contribution is 6.36. The van der Waals surface area contributed by atoms with E-state index in [1.54, 1.807) is 31.4 Å². The van der Waals surface area contributed by atoms with E-state index in [-0.39, 0.29) is 0 Å². The maximum atomic E-state index is 10.4. The van der Waals surface area contributed by atoms with Gasteiger partial charge in [0.2, 0.25) is 0 Å². The zero-order valence-electron chi connectivity index (χ0n) is 18.0. The van der Waals surface area contributed by atoms with Gasteiger partial charge in [-0.3, -0.25) is 10.00 Å². The highest BCUT2D eigenvalue weighted by Gasteiger charge is 2.19. The lowest BCUT2D eigenvalue weighted by Gasteiger charge is -2.17. The first kappa shape index (κ1) is 21.1. The summed E-state index contributed by atoms with van der Waals surface area (Å²) in [6, 6.07) is 15.6. The topological polar surface area (TPSA) is 106 Å². The van der Waals surface area contributed by atoms with Gasteiger partial charge in [0.05, 0.1) is 16.9 Å². The SMILES string of the molecule is CN(C)C(O)c1[nH]c2cc(-c3nccc(Nc4ccc(-c5cn[nH]c5)cc4)n3)ccc2c1Cl. The molecule has 1 unspecified atom stereocenters. The van der Waals surface area contributed by atoms with Gasteiger partial charge in [0.1, 0.15) is 12.0 Å². The van der Waals surface area contributed by atoms with Crippen LogP contribution in [-0.4, -0.2) is 49.3 Å². The first-order valence-electron chi connectivity index (χ1n) is 10.3. The zero-order chi connectivity index (χ0) is 22.9. The van der Waals surface area contributed by atoms with Crippen LogP contribution in [-0.2, 0) is 0 Å². The Hall–Kier alpha value is -3.72. The van der Waals surface area contributed by atoms with E-state index >= 15 is 0 Å². The van der Waals surface area contributed by atoms with Crippen LogP contribution < -0.4 is 5.32 Å². The summed E-state index contributed by atoms with van der Waals surface area (Å²) in [5.74, 6) is 1.27. The van der Waals surface area contributed by atoms with Gasteiger partial charge in [-0.05, 0) is 43.9 Å². The van der Waals surface area contributed by atoms with Crippen LogP contribution in [0.3, 0.4) is 0 Å². The van der Waals surface area contributed by atoms with Gasteiger partial charge in [0.25, 0.3) is 0 Å². The second-order valence-electron chi connectivity index (χ2n) is 7.91. The number of aliphatic hydroxyl groups is 1. The Balaban J connectivity index is 1.40. The molecule has 5 rings (SSSR count). The van der Waals surface area contributed by atoms with Gasteiger partial charge in [-0.25, -0.2) is 9.97 Å². The predicted octanol–water partition coefficient (Wildman–Crippen LogP) is 4.96. The molecule has 3 heterocycles. The van der Waals surface area contributed by atoms with Gasteiger partial charge < -0.3 is 15.4 Å². The number of nitrogens with one attached hydrogen (secondary N) is 3. The number of benzene rings is 2. The van der Waals surface area contributed by atoms with Crippen LogP contribution in [0.1, 0.15) is 11.9 Å². The summed E-state index contributed by atoms with van der Waals surface area (Å²) in [5, 5.41) is 21.9. The molecule has 0 amide bonds. The highest BCUT2D eigenvalue weighted by Crippen LogP contribution is 2.34. The smallest absolute Gasteiger partial charge is 0.161 e. The molecule has 4 N–H and O–H groups in total. The van der Waals surface area contributed by atoms with Crippen molar-refractivity contribution in [3.63, 3.8) is 0 Å². The quantitative estimate of drug-likeness (QED) is 0.267. The second kappa shape index (κ2) is 8.67. The van der Waals surface area contributed by atoms with E-state index in [0.29, 0.717) is 22.4 Å². The monoisotopic (exact) mass is 459 g/mol. The van der Waals surface area contributed by atoms with Gasteiger partial charge in [-0.2, -0.15) is 5.10 Å². The number of hydrogen-bond donors (Lipinski definition) is 4. The number of nitrogens with zero attached hydrogens (tertiary/aromatic N) is 4. The number of halogens is 1. The first-order valence-corrected chi connectivity index (χ1v) is 10.7. The molecule has 0 saturated carbocycles. The third-order valence-corrected chi connectivity index (χ3v) is 5.82. The summed E-state index contributed by atoms with van der Waals surface area (Å²) < 4.78 is 0. The zero-order valence-corrected chi connectivity index (χ0v) is 18.8. The third kappa shape index (κ3) is 4.19. The molecule has 166 valence electrons. The minimum Gasteiger partial charge on any atom is -0.372 e. The standard InChI is InChI=1S/C24H22ClN7O/c1-32(2)24(33)22-21(25)18-8-5-15(11-19(18)30-22)23-26-10-9-20(31-23)29-17-6-3-14(4-7-17)16-12-27-28-13-16/h3-13,24,30,33H,1-2H3,(H,27,28)(H,26,29,31). The van der Waals surface area contributed by atoms with E-state index in [1.807, 2.05) is 54.7 Å². The molecule has 9 heteroatoms. The predicted molar refractivity (Wildman–Crippen MR) is 130 cm³/mol. The Morgan fingerprint density at radius 2 is 1.82 bits per heavy atom. The number of aromatic amines is 2. The maximum Gasteiger partial charge on any atom is 0.161 e. The minimum absolute atomic E-state index is 0.507. The Labute approximate surface area is 195 Å². The maximum absolute atomic E-state index is 10.4. The van der Waals surface area contributed by atoms with E-state index < -0.39 is 6.23 Å². The van der Waals surface area contributed by atoms with Crippen LogP contribution in [0.2, 0.25) is 5.02 Å². The Morgan fingerprint density at radius 1 is 1.03 bits per heavy atom. The summed E-state index contributed by atoms with van der Waals surface area (Å²) in [4.78, 5) is 14.0. The first-order chi connectivity index (χ1) is 16.0. The minimum atomic E-state index is -0.822. The van der Waals surface area contributed by atoms with Crippen molar-refractivity contribution in [2.75, 3.05) is 19.4 Å². The number of aliphatic hydroxyl groups excluding tert-OH is 1. The highest BCUT2D eigenvalue weighted by atomic mass is 35.5. The molecule has 0 spiro atoms. The van der Waals surface area contributed by atoms with Crippen LogP contribution in [0.25, 0.3) is 33.4 Å². The van der Waals surface area contributed by atoms with Crippen LogP contribution in [0.5, 0.6) is 0 Å². The molecule has 2 aromatic carbocycles. The van der Waals surface area contributed by atoms with Crippen molar-refractivity contribution >= 4 is 34.0 Å². The Morgan fingerprint density at radius 3 is 2.55 bits per heavy atom. The Bertz CT molecular complexity index is 1390. The number of rotatable bonds is 6. The number of anilines is 2. The van der Waals surface area contributed by atoms with Crippen LogP contribution in [0, 0.1) is 0 Å². The number of fused-ring (bicyclic) bond motifs is 1. The summed E-state index contributed by atoms with van der Waals surface area (Å²) in [6.07, 6.45) is 4.55. The van der Waals surface area contributed by atoms with Crippen LogP contribution in [0.15, 0.2) is 67.1 Å². The van der Waals surface area contributed by atoms with Crippen LogP contribution in [0.4, 0.5) is 11.5 Å². The molecule has 0 aliphatic heterocycles. The molecule has 1 atom stereocenters. The Kier molecular flexibility index (Phi) is 5.55. The van der Waals surface area contributed by atoms with Crippen molar-refractivity contribution in [2.24, 2.45) is 0 Å². The average Bonchev–Trinajstić information content (AvgIpc) is 3.47. The van der Waals surface area contributed by atoms with E-state index in [2.05, 4.69) is 30.5 Å². The van der Waals surface area contributed by atoms with Crippen molar-refractivity contribution in [1.29, 1.82) is 0 Å². The molecule has 0 bridgehead atoms. The van der Waals surface area contributed by atoms with Gasteiger partial charge >= 0.3 is 0 Å². The third-order valence-electron chi connectivity index (χ3n) is 5.41.